The second kappa shape index (κ2) is 7.80. The average molecular weight is 464 g/mol. The molecule has 0 radical (unpaired) electrons. The molecule has 172 valence electrons. The predicted molar refractivity (Wildman–Crippen MR) is 132 cm³/mol. The van der Waals surface area contributed by atoms with Crippen LogP contribution in [0.1, 0.15) is 38.5 Å². The number of hydrogen-bond acceptors (Lipinski definition) is 4. The topological polar surface area (TPSA) is 68.5 Å². The highest BCUT2D eigenvalue weighted by atomic mass is 32.2. The van der Waals surface area contributed by atoms with E-state index in [2.05, 4.69) is 25.5 Å². The van der Waals surface area contributed by atoms with Crippen molar-refractivity contribution in [1.82, 2.24) is 0 Å². The van der Waals surface area contributed by atoms with Gasteiger partial charge in [-0.1, -0.05) is 45.0 Å². The van der Waals surface area contributed by atoms with E-state index in [-0.39, 0.29) is 10.3 Å². The number of nitrogens with one attached hydrogen (secondary N) is 1. The summed E-state index contributed by atoms with van der Waals surface area (Å²) in [6.07, 6.45) is 2.95. The highest BCUT2D eigenvalue weighted by molar-refractivity contribution is 7.92. The molecule has 0 bridgehead atoms. The fraction of sp³-hybridized carbons (Fsp3) is 0.333. The lowest BCUT2D eigenvalue weighted by Crippen LogP contribution is -2.26. The van der Waals surface area contributed by atoms with E-state index in [4.69, 9.17) is 9.15 Å². The smallest absolute Gasteiger partial charge is 0.261 e. The molecule has 0 spiro atoms. The maximum Gasteiger partial charge on any atom is 0.261 e. The van der Waals surface area contributed by atoms with Crippen LogP contribution in [0, 0.1) is 11.3 Å². The van der Waals surface area contributed by atoms with Gasteiger partial charge in [-0.3, -0.25) is 4.72 Å². The maximum absolute atomic E-state index is 13.2. The Morgan fingerprint density at radius 1 is 1.00 bits per heavy atom. The molecule has 0 unspecified atom stereocenters. The molecule has 1 atom stereocenters. The second-order valence-corrected chi connectivity index (χ2v) is 11.6. The highest BCUT2D eigenvalue weighted by Crippen LogP contribution is 2.44. The molecule has 1 aliphatic rings. The number of rotatable bonds is 4. The summed E-state index contributed by atoms with van der Waals surface area (Å²) in [5, 5.41) is 2.75. The van der Waals surface area contributed by atoms with Gasteiger partial charge < -0.3 is 9.15 Å². The Hall–Kier alpha value is -2.99. The first kappa shape index (κ1) is 21.8. The lowest BCUT2D eigenvalue weighted by molar-refractivity contribution is 0.210. The molecular formula is C27H29NO4S. The molecule has 1 aromatic heterocycles. The van der Waals surface area contributed by atoms with Gasteiger partial charge in [0.2, 0.25) is 0 Å². The Morgan fingerprint density at radius 3 is 2.36 bits per heavy atom. The molecule has 0 saturated heterocycles. The molecule has 6 heteroatoms. The van der Waals surface area contributed by atoms with Gasteiger partial charge >= 0.3 is 0 Å². The molecule has 0 saturated carbocycles. The number of hydrogen-bond donors (Lipinski definition) is 1. The Morgan fingerprint density at radius 2 is 1.70 bits per heavy atom. The minimum Gasteiger partial charge on any atom is -0.497 e. The van der Waals surface area contributed by atoms with Gasteiger partial charge in [0.1, 0.15) is 17.1 Å². The van der Waals surface area contributed by atoms with Crippen molar-refractivity contribution in [2.75, 3.05) is 11.8 Å². The van der Waals surface area contributed by atoms with Crippen molar-refractivity contribution in [1.29, 1.82) is 0 Å². The zero-order valence-electron chi connectivity index (χ0n) is 19.4. The second-order valence-electron chi connectivity index (χ2n) is 9.94. The number of benzene rings is 3. The quantitative estimate of drug-likeness (QED) is 0.373. The Balaban J connectivity index is 1.64. The van der Waals surface area contributed by atoms with Crippen LogP contribution >= 0.6 is 0 Å². The summed E-state index contributed by atoms with van der Waals surface area (Å²) in [7, 11) is -2.22. The standard InChI is InChI=1S/C27H29NO4S/c1-27(2,3)17-9-14-25-22(15-17)23-16-24(20-7-5-6-8-21(20)26(23)32-25)28-33(29,30)19-12-10-18(31-4)11-13-19/h5-8,10-13,16-17,28H,9,14-15H2,1-4H3/t17-/m1/s1. The Kier molecular flexibility index (Phi) is 5.16. The molecule has 1 heterocycles. The molecule has 0 fully saturated rings. The molecule has 0 amide bonds. The van der Waals surface area contributed by atoms with E-state index in [9.17, 15) is 8.42 Å². The van der Waals surface area contributed by atoms with Gasteiger partial charge in [-0.15, -0.1) is 0 Å². The number of methoxy groups -OCH3 is 1. The van der Waals surface area contributed by atoms with Crippen molar-refractivity contribution < 1.29 is 17.6 Å². The van der Waals surface area contributed by atoms with Crippen LogP contribution in [0.5, 0.6) is 5.75 Å². The summed E-state index contributed by atoms with van der Waals surface area (Å²) >= 11 is 0. The van der Waals surface area contributed by atoms with Crippen molar-refractivity contribution in [2.24, 2.45) is 11.3 Å². The Bertz CT molecular complexity index is 1440. The van der Waals surface area contributed by atoms with E-state index in [0.29, 0.717) is 17.4 Å². The molecule has 1 aliphatic carbocycles. The normalized spacial score (nSPS) is 16.7. The number of furan rings is 1. The minimum atomic E-state index is -3.77. The molecule has 3 aromatic carbocycles. The third kappa shape index (κ3) is 3.86. The maximum atomic E-state index is 13.2. The molecule has 5 nitrogen and oxygen atoms in total. The SMILES string of the molecule is COc1ccc(S(=O)(=O)Nc2cc3c4c(oc3c3ccccc23)CC[C@@H](C(C)(C)C)C4)cc1. The lowest BCUT2D eigenvalue weighted by Gasteiger charge is -2.33. The third-order valence-electron chi connectivity index (χ3n) is 6.89. The largest absolute Gasteiger partial charge is 0.497 e. The van der Waals surface area contributed by atoms with Crippen LogP contribution in [0.4, 0.5) is 5.69 Å². The number of aryl methyl sites for hydroxylation is 1. The van der Waals surface area contributed by atoms with E-state index in [1.54, 1.807) is 31.4 Å². The van der Waals surface area contributed by atoms with Crippen molar-refractivity contribution in [3.63, 3.8) is 0 Å². The first-order valence-electron chi connectivity index (χ1n) is 11.3. The van der Waals surface area contributed by atoms with Crippen molar-refractivity contribution in [3.05, 3.63) is 65.9 Å². The number of fused-ring (bicyclic) bond motifs is 5. The van der Waals surface area contributed by atoms with Gasteiger partial charge in [0.05, 0.1) is 17.7 Å². The van der Waals surface area contributed by atoms with Gasteiger partial charge in [0, 0.05) is 28.1 Å². The fourth-order valence-electron chi connectivity index (χ4n) is 4.88. The van der Waals surface area contributed by atoms with Crippen LogP contribution in [0.15, 0.2) is 63.9 Å². The van der Waals surface area contributed by atoms with Gasteiger partial charge in [0.25, 0.3) is 10.0 Å². The van der Waals surface area contributed by atoms with Crippen molar-refractivity contribution in [2.45, 2.75) is 44.9 Å². The van der Waals surface area contributed by atoms with Crippen molar-refractivity contribution >= 4 is 37.5 Å². The summed E-state index contributed by atoms with van der Waals surface area (Å²) < 4.78 is 40.8. The molecule has 33 heavy (non-hydrogen) atoms. The van der Waals surface area contributed by atoms with Crippen LogP contribution in [0.25, 0.3) is 21.7 Å². The van der Waals surface area contributed by atoms with Crippen LogP contribution < -0.4 is 9.46 Å². The zero-order valence-corrected chi connectivity index (χ0v) is 20.3. The monoisotopic (exact) mass is 463 g/mol. The lowest BCUT2D eigenvalue weighted by atomic mass is 9.71. The van der Waals surface area contributed by atoms with E-state index in [1.807, 2.05) is 30.3 Å². The summed E-state index contributed by atoms with van der Waals surface area (Å²) in [6.45, 7) is 6.86. The first-order chi connectivity index (χ1) is 15.7. The Labute approximate surface area is 194 Å². The van der Waals surface area contributed by atoms with E-state index in [0.717, 1.165) is 46.8 Å². The average Bonchev–Trinajstić information content (AvgIpc) is 3.16. The van der Waals surface area contributed by atoms with E-state index >= 15 is 0 Å². The van der Waals surface area contributed by atoms with Gasteiger partial charge in [-0.25, -0.2) is 8.42 Å². The fourth-order valence-corrected chi connectivity index (χ4v) is 5.95. The molecule has 0 aliphatic heterocycles. The van der Waals surface area contributed by atoms with Gasteiger partial charge in [0.15, 0.2) is 0 Å². The zero-order chi connectivity index (χ0) is 23.4. The summed E-state index contributed by atoms with van der Waals surface area (Å²) in [5.74, 6) is 2.20. The molecular weight excluding hydrogens is 434 g/mol. The predicted octanol–water partition coefficient (Wildman–Crippen LogP) is 6.55. The van der Waals surface area contributed by atoms with Crippen LogP contribution in [-0.4, -0.2) is 15.5 Å². The van der Waals surface area contributed by atoms with Gasteiger partial charge in [-0.2, -0.15) is 0 Å². The van der Waals surface area contributed by atoms with Crippen molar-refractivity contribution in [3.8, 4) is 5.75 Å². The summed E-state index contributed by atoms with van der Waals surface area (Å²) in [5.41, 5.74) is 2.83. The minimum absolute atomic E-state index is 0.189. The number of sulfonamides is 1. The molecule has 4 aromatic rings. The summed E-state index contributed by atoms with van der Waals surface area (Å²) in [6, 6.07) is 16.2. The van der Waals surface area contributed by atoms with Gasteiger partial charge in [-0.05, 0) is 54.5 Å². The molecule has 1 N–H and O–H groups in total. The molecule has 5 rings (SSSR count). The first-order valence-corrected chi connectivity index (χ1v) is 12.8. The highest BCUT2D eigenvalue weighted by Gasteiger charge is 2.32. The third-order valence-corrected chi connectivity index (χ3v) is 8.27. The van der Waals surface area contributed by atoms with Crippen LogP contribution in [0.3, 0.4) is 0 Å². The van der Waals surface area contributed by atoms with E-state index in [1.165, 1.54) is 5.56 Å². The van der Waals surface area contributed by atoms with E-state index < -0.39 is 10.0 Å². The number of anilines is 1. The van der Waals surface area contributed by atoms with Crippen LogP contribution in [-0.2, 0) is 22.9 Å². The number of ether oxygens (including phenoxy) is 1. The van der Waals surface area contributed by atoms with Crippen LogP contribution in [0.2, 0.25) is 0 Å². The summed E-state index contributed by atoms with van der Waals surface area (Å²) in [4.78, 5) is 0.189.